The maximum Gasteiger partial charge on any atom is 0.291 e. The van der Waals surface area contributed by atoms with Crippen LogP contribution in [0.4, 0.5) is 17.1 Å². The topological polar surface area (TPSA) is 83.8 Å². The number of rotatable bonds is 5. The maximum atomic E-state index is 12.6. The van der Waals surface area contributed by atoms with Crippen molar-refractivity contribution in [1.29, 1.82) is 0 Å². The van der Waals surface area contributed by atoms with Crippen molar-refractivity contribution in [2.75, 3.05) is 41.8 Å². The highest BCUT2D eigenvalue weighted by Crippen LogP contribution is 2.24. The Morgan fingerprint density at radius 1 is 0.933 bits per heavy atom. The lowest BCUT2D eigenvalue weighted by molar-refractivity contribution is 0.0995. The second-order valence-corrected chi connectivity index (χ2v) is 7.06. The van der Waals surface area contributed by atoms with Gasteiger partial charge in [0.15, 0.2) is 5.76 Å². The Bertz CT molecular complexity index is 1020. The highest BCUT2D eigenvalue weighted by Gasteiger charge is 2.14. The van der Waals surface area contributed by atoms with Crippen molar-refractivity contribution in [3.63, 3.8) is 0 Å². The van der Waals surface area contributed by atoms with Crippen molar-refractivity contribution < 1.29 is 18.7 Å². The van der Waals surface area contributed by atoms with E-state index in [1.807, 2.05) is 19.1 Å². The first-order valence-electron chi connectivity index (χ1n) is 9.80. The van der Waals surface area contributed by atoms with E-state index >= 15 is 0 Å². The lowest BCUT2D eigenvalue weighted by Gasteiger charge is -2.29. The average molecular weight is 405 g/mol. The molecule has 1 aromatic heterocycles. The average Bonchev–Trinajstić information content (AvgIpc) is 3.31. The molecular formula is C23H23N3O4. The molecule has 1 aliphatic heterocycles. The molecule has 1 fully saturated rings. The quantitative estimate of drug-likeness (QED) is 0.672. The number of morpholine rings is 1. The summed E-state index contributed by atoms with van der Waals surface area (Å²) in [6, 6.07) is 16.0. The molecule has 2 amide bonds. The Balaban J connectivity index is 1.39. The van der Waals surface area contributed by atoms with Crippen LogP contribution in [0.3, 0.4) is 0 Å². The van der Waals surface area contributed by atoms with Crippen LogP contribution in [0.15, 0.2) is 65.3 Å². The van der Waals surface area contributed by atoms with E-state index in [0.717, 1.165) is 43.2 Å². The number of furan rings is 1. The molecule has 0 unspecified atom stereocenters. The number of nitrogens with zero attached hydrogens (tertiary/aromatic N) is 1. The van der Waals surface area contributed by atoms with E-state index in [4.69, 9.17) is 9.15 Å². The Morgan fingerprint density at radius 3 is 2.37 bits per heavy atom. The fourth-order valence-corrected chi connectivity index (χ4v) is 3.31. The molecule has 0 aliphatic carbocycles. The number of aryl methyl sites for hydroxylation is 1. The molecule has 30 heavy (non-hydrogen) atoms. The second-order valence-electron chi connectivity index (χ2n) is 7.06. The molecule has 2 N–H and O–H groups in total. The van der Waals surface area contributed by atoms with Gasteiger partial charge in [0.1, 0.15) is 0 Å². The third kappa shape index (κ3) is 4.52. The van der Waals surface area contributed by atoms with Crippen LogP contribution in [0, 0.1) is 6.92 Å². The molecule has 2 aromatic carbocycles. The highest BCUT2D eigenvalue weighted by molar-refractivity contribution is 6.06. The highest BCUT2D eigenvalue weighted by atomic mass is 16.5. The lowest BCUT2D eigenvalue weighted by Crippen LogP contribution is -2.36. The fraction of sp³-hybridized carbons (Fsp3) is 0.217. The van der Waals surface area contributed by atoms with Gasteiger partial charge >= 0.3 is 0 Å². The molecule has 0 atom stereocenters. The number of nitrogens with one attached hydrogen (secondary N) is 2. The molecule has 1 saturated heterocycles. The minimum absolute atomic E-state index is 0.207. The van der Waals surface area contributed by atoms with Gasteiger partial charge in [-0.2, -0.15) is 0 Å². The number of carbonyl (C=O) groups is 2. The lowest BCUT2D eigenvalue weighted by atomic mass is 10.1. The number of hydrogen-bond donors (Lipinski definition) is 2. The molecule has 2 heterocycles. The van der Waals surface area contributed by atoms with E-state index in [1.165, 1.54) is 6.26 Å². The van der Waals surface area contributed by atoms with Gasteiger partial charge in [-0.15, -0.1) is 0 Å². The number of amides is 2. The maximum absolute atomic E-state index is 12.6. The molecule has 154 valence electrons. The van der Waals surface area contributed by atoms with Gasteiger partial charge in [0.05, 0.1) is 19.5 Å². The summed E-state index contributed by atoms with van der Waals surface area (Å²) in [4.78, 5) is 26.9. The predicted molar refractivity (Wildman–Crippen MR) is 115 cm³/mol. The molecule has 3 aromatic rings. The van der Waals surface area contributed by atoms with Crippen LogP contribution in [-0.4, -0.2) is 38.1 Å². The van der Waals surface area contributed by atoms with E-state index < -0.39 is 0 Å². The minimum atomic E-state index is -0.340. The summed E-state index contributed by atoms with van der Waals surface area (Å²) in [7, 11) is 0. The van der Waals surface area contributed by atoms with Crippen molar-refractivity contribution >= 4 is 28.9 Å². The number of hydrogen-bond acceptors (Lipinski definition) is 5. The Hall–Kier alpha value is -3.58. The van der Waals surface area contributed by atoms with Crippen LogP contribution in [0.2, 0.25) is 0 Å². The zero-order chi connectivity index (χ0) is 20.9. The van der Waals surface area contributed by atoms with Crippen molar-refractivity contribution in [2.45, 2.75) is 6.92 Å². The Kier molecular flexibility index (Phi) is 5.81. The summed E-state index contributed by atoms with van der Waals surface area (Å²) in [5, 5.41) is 5.68. The van der Waals surface area contributed by atoms with Crippen LogP contribution in [0.5, 0.6) is 0 Å². The van der Waals surface area contributed by atoms with Gasteiger partial charge in [0.25, 0.3) is 11.8 Å². The number of anilines is 3. The van der Waals surface area contributed by atoms with Gasteiger partial charge in [-0.3, -0.25) is 9.59 Å². The SMILES string of the molecule is Cc1cc(N2CCOCC2)ccc1NC(=O)c1ccc(NC(=O)c2ccco2)cc1. The molecule has 7 nitrogen and oxygen atoms in total. The summed E-state index contributed by atoms with van der Waals surface area (Å²) in [6.45, 7) is 5.18. The smallest absolute Gasteiger partial charge is 0.291 e. The van der Waals surface area contributed by atoms with Crippen LogP contribution < -0.4 is 15.5 Å². The molecular weight excluding hydrogens is 382 g/mol. The standard InChI is InChI=1S/C23H23N3O4/c1-16-15-19(26-10-13-29-14-11-26)8-9-20(16)25-22(27)17-4-6-18(7-5-17)24-23(28)21-3-2-12-30-21/h2-9,12,15H,10-11,13-14H2,1H3,(H,24,28)(H,25,27). The number of benzene rings is 2. The summed E-state index contributed by atoms with van der Waals surface area (Å²) in [5.41, 5.74) is 3.98. The van der Waals surface area contributed by atoms with Gasteiger partial charge in [0, 0.05) is 35.7 Å². The second kappa shape index (κ2) is 8.84. The third-order valence-electron chi connectivity index (χ3n) is 4.98. The van der Waals surface area contributed by atoms with Gasteiger partial charge in [-0.05, 0) is 67.1 Å². The Labute approximate surface area is 174 Å². The summed E-state index contributed by atoms with van der Waals surface area (Å²) in [6.07, 6.45) is 1.44. The van der Waals surface area contributed by atoms with E-state index in [0.29, 0.717) is 11.3 Å². The van der Waals surface area contributed by atoms with Gasteiger partial charge in [-0.25, -0.2) is 0 Å². The van der Waals surface area contributed by atoms with E-state index in [1.54, 1.807) is 36.4 Å². The zero-order valence-electron chi connectivity index (χ0n) is 16.7. The molecule has 4 rings (SSSR count). The van der Waals surface area contributed by atoms with Crippen molar-refractivity contribution in [3.05, 3.63) is 77.7 Å². The van der Waals surface area contributed by atoms with Crippen LogP contribution in [0.1, 0.15) is 26.5 Å². The molecule has 0 bridgehead atoms. The van der Waals surface area contributed by atoms with Gasteiger partial charge in [-0.1, -0.05) is 0 Å². The van der Waals surface area contributed by atoms with Crippen molar-refractivity contribution in [3.8, 4) is 0 Å². The first kappa shape index (κ1) is 19.7. The van der Waals surface area contributed by atoms with Crippen molar-refractivity contribution in [2.24, 2.45) is 0 Å². The summed E-state index contributed by atoms with van der Waals surface area (Å²) < 4.78 is 10.5. The van der Waals surface area contributed by atoms with E-state index in [-0.39, 0.29) is 17.6 Å². The largest absolute Gasteiger partial charge is 0.459 e. The first-order valence-corrected chi connectivity index (χ1v) is 9.80. The Morgan fingerprint density at radius 2 is 1.70 bits per heavy atom. The summed E-state index contributed by atoms with van der Waals surface area (Å²) in [5.74, 6) is -0.317. The van der Waals surface area contributed by atoms with E-state index in [2.05, 4.69) is 21.6 Å². The normalized spacial score (nSPS) is 13.7. The fourth-order valence-electron chi connectivity index (χ4n) is 3.31. The minimum Gasteiger partial charge on any atom is -0.459 e. The summed E-state index contributed by atoms with van der Waals surface area (Å²) >= 11 is 0. The third-order valence-corrected chi connectivity index (χ3v) is 4.98. The zero-order valence-corrected chi connectivity index (χ0v) is 16.7. The molecule has 1 aliphatic rings. The number of carbonyl (C=O) groups excluding carboxylic acids is 2. The van der Waals surface area contributed by atoms with Crippen LogP contribution >= 0.6 is 0 Å². The van der Waals surface area contributed by atoms with Crippen molar-refractivity contribution in [1.82, 2.24) is 0 Å². The molecule has 0 saturated carbocycles. The predicted octanol–water partition coefficient (Wildman–Crippen LogP) is 3.93. The number of ether oxygens (including phenoxy) is 1. The van der Waals surface area contributed by atoms with Crippen LogP contribution in [0.25, 0.3) is 0 Å². The van der Waals surface area contributed by atoms with E-state index in [9.17, 15) is 9.59 Å². The molecule has 7 heteroatoms. The van der Waals surface area contributed by atoms with Gasteiger partial charge < -0.3 is 24.7 Å². The van der Waals surface area contributed by atoms with Gasteiger partial charge in [0.2, 0.25) is 0 Å². The first-order chi connectivity index (χ1) is 14.6. The molecule has 0 spiro atoms. The molecule has 0 radical (unpaired) electrons. The van der Waals surface area contributed by atoms with Crippen LogP contribution in [-0.2, 0) is 4.74 Å². The monoisotopic (exact) mass is 405 g/mol.